The highest BCUT2D eigenvalue weighted by Crippen LogP contribution is 2.15. The number of carboxylic acid groups (broad SMARTS) is 1. The van der Waals surface area contributed by atoms with Crippen LogP contribution in [0.3, 0.4) is 0 Å². The standard InChI is InChI=1S/C15H16N2O3/c1-2-17-13(8-9-15(18)19)10-14(16-17)20-11-12-6-4-3-5-7-12/h3-10H,2,11H2,1H3,(H,18,19)/b9-8+. The quantitative estimate of drug-likeness (QED) is 0.821. The Morgan fingerprint density at radius 2 is 2.15 bits per heavy atom. The van der Waals surface area contributed by atoms with E-state index in [-0.39, 0.29) is 0 Å². The summed E-state index contributed by atoms with van der Waals surface area (Å²) in [4.78, 5) is 10.5. The van der Waals surface area contributed by atoms with Gasteiger partial charge >= 0.3 is 5.97 Å². The fraction of sp³-hybridized carbons (Fsp3) is 0.200. The van der Waals surface area contributed by atoms with Crippen molar-refractivity contribution in [2.75, 3.05) is 0 Å². The monoisotopic (exact) mass is 272 g/mol. The number of hydrogen-bond acceptors (Lipinski definition) is 3. The van der Waals surface area contributed by atoms with Gasteiger partial charge in [-0.05, 0) is 18.6 Å². The molecule has 0 aliphatic rings. The van der Waals surface area contributed by atoms with Gasteiger partial charge in [0.2, 0.25) is 5.88 Å². The first-order valence-electron chi connectivity index (χ1n) is 6.34. The molecule has 0 unspecified atom stereocenters. The number of carbonyl (C=O) groups is 1. The van der Waals surface area contributed by atoms with Crippen LogP contribution in [0.4, 0.5) is 0 Å². The smallest absolute Gasteiger partial charge is 0.328 e. The molecule has 0 atom stereocenters. The first kappa shape index (κ1) is 13.9. The fourth-order valence-electron chi connectivity index (χ4n) is 1.75. The molecule has 104 valence electrons. The number of hydrogen-bond donors (Lipinski definition) is 1. The van der Waals surface area contributed by atoms with Gasteiger partial charge in [-0.15, -0.1) is 5.10 Å². The van der Waals surface area contributed by atoms with E-state index in [4.69, 9.17) is 9.84 Å². The minimum Gasteiger partial charge on any atom is -0.478 e. The summed E-state index contributed by atoms with van der Waals surface area (Å²) < 4.78 is 7.30. The first-order valence-corrected chi connectivity index (χ1v) is 6.34. The van der Waals surface area contributed by atoms with Crippen LogP contribution in [-0.4, -0.2) is 20.9 Å². The molecule has 0 amide bonds. The van der Waals surface area contributed by atoms with Crippen LogP contribution >= 0.6 is 0 Å². The normalized spacial score (nSPS) is 10.8. The van der Waals surface area contributed by atoms with Gasteiger partial charge < -0.3 is 9.84 Å². The number of nitrogens with zero attached hydrogens (tertiary/aromatic N) is 2. The summed E-state index contributed by atoms with van der Waals surface area (Å²) in [6.07, 6.45) is 2.60. The van der Waals surface area contributed by atoms with E-state index in [0.717, 1.165) is 11.6 Å². The Kier molecular flexibility index (Phi) is 4.55. The topological polar surface area (TPSA) is 64.4 Å². The number of carboxylic acids is 1. The SMILES string of the molecule is CCn1nc(OCc2ccccc2)cc1/C=C/C(=O)O. The number of ether oxygens (including phenoxy) is 1. The predicted octanol–water partition coefficient (Wildman–Crippen LogP) is 2.58. The van der Waals surface area contributed by atoms with Crippen molar-refractivity contribution < 1.29 is 14.6 Å². The van der Waals surface area contributed by atoms with Crippen LogP contribution in [0.5, 0.6) is 5.88 Å². The van der Waals surface area contributed by atoms with Gasteiger partial charge in [0.1, 0.15) is 6.61 Å². The van der Waals surface area contributed by atoms with Crippen LogP contribution in [0.2, 0.25) is 0 Å². The van der Waals surface area contributed by atoms with Crippen molar-refractivity contribution in [3.63, 3.8) is 0 Å². The van der Waals surface area contributed by atoms with E-state index < -0.39 is 5.97 Å². The van der Waals surface area contributed by atoms with Crippen molar-refractivity contribution in [2.45, 2.75) is 20.1 Å². The van der Waals surface area contributed by atoms with Crippen LogP contribution in [-0.2, 0) is 17.9 Å². The largest absolute Gasteiger partial charge is 0.478 e. The average Bonchev–Trinajstić information content (AvgIpc) is 2.86. The number of aromatic nitrogens is 2. The van der Waals surface area contributed by atoms with Gasteiger partial charge in [0, 0.05) is 18.7 Å². The molecule has 1 aromatic heterocycles. The van der Waals surface area contributed by atoms with E-state index in [0.29, 0.717) is 24.7 Å². The molecular weight excluding hydrogens is 256 g/mol. The van der Waals surface area contributed by atoms with E-state index in [1.165, 1.54) is 6.08 Å². The van der Waals surface area contributed by atoms with Crippen LogP contribution in [0.25, 0.3) is 6.08 Å². The van der Waals surface area contributed by atoms with Crippen molar-refractivity contribution in [1.82, 2.24) is 9.78 Å². The van der Waals surface area contributed by atoms with Crippen molar-refractivity contribution in [2.24, 2.45) is 0 Å². The Morgan fingerprint density at radius 3 is 2.80 bits per heavy atom. The molecular formula is C15H16N2O3. The molecule has 2 aromatic rings. The molecule has 1 N–H and O–H groups in total. The molecule has 0 spiro atoms. The lowest BCUT2D eigenvalue weighted by atomic mass is 10.2. The van der Waals surface area contributed by atoms with Crippen LogP contribution in [0.1, 0.15) is 18.2 Å². The first-order chi connectivity index (χ1) is 9.69. The number of rotatable bonds is 6. The van der Waals surface area contributed by atoms with E-state index in [1.54, 1.807) is 10.7 Å². The van der Waals surface area contributed by atoms with Crippen LogP contribution in [0.15, 0.2) is 42.5 Å². The third-order valence-electron chi connectivity index (χ3n) is 2.71. The molecule has 0 saturated carbocycles. The molecule has 0 radical (unpaired) electrons. The lowest BCUT2D eigenvalue weighted by Gasteiger charge is -2.02. The third-order valence-corrected chi connectivity index (χ3v) is 2.71. The predicted molar refractivity (Wildman–Crippen MR) is 75.3 cm³/mol. The van der Waals surface area contributed by atoms with Gasteiger partial charge in [-0.1, -0.05) is 30.3 Å². The van der Waals surface area contributed by atoms with Crippen molar-refractivity contribution >= 4 is 12.0 Å². The average molecular weight is 272 g/mol. The van der Waals surface area contributed by atoms with Gasteiger partial charge in [0.15, 0.2) is 0 Å². The molecule has 0 aliphatic carbocycles. The summed E-state index contributed by atoms with van der Waals surface area (Å²) in [5.41, 5.74) is 1.76. The molecule has 1 aromatic carbocycles. The maximum atomic E-state index is 10.5. The van der Waals surface area contributed by atoms with Crippen molar-refractivity contribution in [1.29, 1.82) is 0 Å². The van der Waals surface area contributed by atoms with Gasteiger partial charge in [0.05, 0.1) is 5.69 Å². The Hall–Kier alpha value is -2.56. The molecule has 5 heteroatoms. The maximum absolute atomic E-state index is 10.5. The summed E-state index contributed by atoms with van der Waals surface area (Å²) in [5.74, 6) is -0.499. The summed E-state index contributed by atoms with van der Waals surface area (Å²) in [5, 5.41) is 12.9. The zero-order valence-corrected chi connectivity index (χ0v) is 11.2. The minimum atomic E-state index is -0.986. The van der Waals surface area contributed by atoms with E-state index in [1.807, 2.05) is 37.3 Å². The second-order valence-electron chi connectivity index (χ2n) is 4.17. The van der Waals surface area contributed by atoms with Crippen molar-refractivity contribution in [3.8, 4) is 5.88 Å². The maximum Gasteiger partial charge on any atom is 0.328 e. The van der Waals surface area contributed by atoms with Crippen LogP contribution in [0, 0.1) is 0 Å². The van der Waals surface area contributed by atoms with Crippen molar-refractivity contribution in [3.05, 3.63) is 53.7 Å². The number of benzene rings is 1. The molecule has 0 bridgehead atoms. The van der Waals surface area contributed by atoms with Gasteiger partial charge in [0.25, 0.3) is 0 Å². The highest BCUT2D eigenvalue weighted by Gasteiger charge is 2.06. The molecule has 5 nitrogen and oxygen atoms in total. The van der Waals surface area contributed by atoms with E-state index >= 15 is 0 Å². The van der Waals surface area contributed by atoms with Gasteiger partial charge in [-0.2, -0.15) is 0 Å². The molecule has 2 rings (SSSR count). The second kappa shape index (κ2) is 6.56. The molecule has 0 fully saturated rings. The zero-order chi connectivity index (χ0) is 14.4. The van der Waals surface area contributed by atoms with E-state index in [9.17, 15) is 4.79 Å². The second-order valence-corrected chi connectivity index (χ2v) is 4.17. The molecule has 0 aliphatic heterocycles. The lowest BCUT2D eigenvalue weighted by Crippen LogP contribution is -2.00. The summed E-state index contributed by atoms with van der Waals surface area (Å²) in [7, 11) is 0. The summed E-state index contributed by atoms with van der Waals surface area (Å²) >= 11 is 0. The number of aliphatic carboxylic acids is 1. The Morgan fingerprint density at radius 1 is 1.40 bits per heavy atom. The molecule has 20 heavy (non-hydrogen) atoms. The fourth-order valence-corrected chi connectivity index (χ4v) is 1.75. The number of aryl methyl sites for hydroxylation is 1. The van der Waals surface area contributed by atoms with Gasteiger partial charge in [-0.3, -0.25) is 4.68 Å². The highest BCUT2D eigenvalue weighted by atomic mass is 16.5. The Balaban J connectivity index is 2.07. The van der Waals surface area contributed by atoms with Crippen LogP contribution < -0.4 is 4.74 Å². The van der Waals surface area contributed by atoms with E-state index in [2.05, 4.69) is 5.10 Å². The Labute approximate surface area is 117 Å². The molecule has 1 heterocycles. The molecule has 0 saturated heterocycles. The summed E-state index contributed by atoms with van der Waals surface area (Å²) in [6, 6.07) is 11.5. The minimum absolute atomic E-state index is 0.434. The Bertz CT molecular complexity index is 603. The highest BCUT2D eigenvalue weighted by molar-refractivity contribution is 5.84. The summed E-state index contributed by atoms with van der Waals surface area (Å²) in [6.45, 7) is 3.02. The third kappa shape index (κ3) is 3.71. The lowest BCUT2D eigenvalue weighted by molar-refractivity contribution is -0.131. The van der Waals surface area contributed by atoms with Gasteiger partial charge in [-0.25, -0.2) is 4.79 Å². The zero-order valence-electron chi connectivity index (χ0n) is 11.2.